The van der Waals surface area contributed by atoms with E-state index in [1.54, 1.807) is 30.2 Å². The monoisotopic (exact) mass is 510 g/mol. The second-order valence-electron chi connectivity index (χ2n) is 7.80. The van der Waals surface area contributed by atoms with E-state index in [0.29, 0.717) is 27.8 Å². The first-order valence-corrected chi connectivity index (χ1v) is 12.9. The Morgan fingerprint density at radius 1 is 1.06 bits per heavy atom. The second kappa shape index (κ2) is 13.7. The lowest BCUT2D eigenvalue weighted by molar-refractivity contribution is -0.139. The minimum Gasteiger partial charge on any atom is -0.497 e. The summed E-state index contributed by atoms with van der Waals surface area (Å²) in [6.07, 6.45) is 1.30. The Hall–Kier alpha value is -1.89. The first-order chi connectivity index (χ1) is 15.8. The van der Waals surface area contributed by atoms with E-state index in [0.717, 1.165) is 17.7 Å². The quantitative estimate of drug-likeness (QED) is 0.382. The van der Waals surface area contributed by atoms with E-state index < -0.39 is 6.04 Å². The molecule has 180 valence electrons. The fourth-order valence-corrected chi connectivity index (χ4v) is 4.66. The zero-order chi connectivity index (χ0) is 24.4. The van der Waals surface area contributed by atoms with E-state index in [4.69, 9.17) is 27.9 Å². The number of nitrogens with one attached hydrogen (secondary N) is 1. The van der Waals surface area contributed by atoms with Crippen LogP contribution in [0.1, 0.15) is 44.7 Å². The molecule has 0 unspecified atom stereocenters. The van der Waals surface area contributed by atoms with Crippen molar-refractivity contribution in [3.63, 3.8) is 0 Å². The number of methoxy groups -OCH3 is 1. The van der Waals surface area contributed by atoms with Gasteiger partial charge in [-0.1, -0.05) is 55.2 Å². The van der Waals surface area contributed by atoms with Crippen molar-refractivity contribution in [1.82, 2.24) is 10.2 Å². The first kappa shape index (κ1) is 27.4. The minimum absolute atomic E-state index is 0.0249. The molecule has 0 saturated heterocycles. The Bertz CT molecular complexity index is 904. The molecule has 1 N–H and O–H groups in total. The minimum atomic E-state index is -0.611. The Morgan fingerprint density at radius 3 is 2.24 bits per heavy atom. The van der Waals surface area contributed by atoms with Crippen LogP contribution in [0.4, 0.5) is 0 Å². The molecule has 0 radical (unpaired) electrons. The summed E-state index contributed by atoms with van der Waals surface area (Å²) < 4.78 is 5.19. The van der Waals surface area contributed by atoms with Gasteiger partial charge in [-0.2, -0.15) is 0 Å². The SMILES string of the molecule is CC[C@@H](C)NC(=O)[C@H](CC)N(Cc1c(Cl)cccc1Cl)C(=O)CSCc1ccc(OC)cc1. The molecule has 0 fully saturated rings. The number of thioether (sulfide) groups is 1. The van der Waals surface area contributed by atoms with Gasteiger partial charge in [-0.15, -0.1) is 11.8 Å². The second-order valence-corrected chi connectivity index (χ2v) is 9.60. The van der Waals surface area contributed by atoms with Gasteiger partial charge in [0, 0.05) is 33.9 Å². The number of rotatable bonds is 12. The molecule has 5 nitrogen and oxygen atoms in total. The molecule has 0 aliphatic rings. The zero-order valence-corrected chi connectivity index (χ0v) is 21.9. The summed E-state index contributed by atoms with van der Waals surface area (Å²) in [5, 5.41) is 3.96. The summed E-state index contributed by atoms with van der Waals surface area (Å²) in [7, 11) is 1.63. The number of ether oxygens (including phenoxy) is 1. The Kier molecular flexibility index (Phi) is 11.4. The molecular weight excluding hydrogens is 479 g/mol. The van der Waals surface area contributed by atoms with Crippen LogP contribution in [-0.4, -0.2) is 41.7 Å². The van der Waals surface area contributed by atoms with E-state index in [2.05, 4.69) is 5.32 Å². The maximum Gasteiger partial charge on any atom is 0.243 e. The van der Waals surface area contributed by atoms with Crippen molar-refractivity contribution in [3.05, 3.63) is 63.6 Å². The van der Waals surface area contributed by atoms with E-state index in [1.165, 1.54) is 11.8 Å². The Morgan fingerprint density at radius 2 is 1.70 bits per heavy atom. The fourth-order valence-electron chi connectivity index (χ4n) is 3.28. The largest absolute Gasteiger partial charge is 0.497 e. The van der Waals surface area contributed by atoms with Crippen molar-refractivity contribution < 1.29 is 14.3 Å². The van der Waals surface area contributed by atoms with E-state index in [-0.39, 0.29) is 30.2 Å². The number of nitrogens with zero attached hydrogens (tertiary/aromatic N) is 1. The lowest BCUT2D eigenvalue weighted by Gasteiger charge is -2.32. The van der Waals surface area contributed by atoms with Gasteiger partial charge in [0.05, 0.1) is 12.9 Å². The van der Waals surface area contributed by atoms with Gasteiger partial charge in [0.1, 0.15) is 11.8 Å². The highest BCUT2D eigenvalue weighted by atomic mass is 35.5. The van der Waals surface area contributed by atoms with Crippen molar-refractivity contribution in [3.8, 4) is 5.75 Å². The molecular formula is C25H32Cl2N2O3S. The maximum atomic E-state index is 13.3. The van der Waals surface area contributed by atoms with Gasteiger partial charge in [-0.05, 0) is 49.6 Å². The average molecular weight is 512 g/mol. The lowest BCUT2D eigenvalue weighted by atomic mass is 10.1. The van der Waals surface area contributed by atoms with Crippen molar-refractivity contribution in [2.45, 2.75) is 58.0 Å². The fraction of sp³-hybridized carbons (Fsp3) is 0.440. The number of hydrogen-bond acceptors (Lipinski definition) is 4. The van der Waals surface area contributed by atoms with Crippen LogP contribution in [0.25, 0.3) is 0 Å². The average Bonchev–Trinajstić information content (AvgIpc) is 2.81. The third-order valence-electron chi connectivity index (χ3n) is 5.43. The zero-order valence-electron chi connectivity index (χ0n) is 19.6. The molecule has 0 bridgehead atoms. The van der Waals surface area contributed by atoms with Crippen molar-refractivity contribution >= 4 is 46.8 Å². The highest BCUT2D eigenvalue weighted by Crippen LogP contribution is 2.27. The molecule has 2 atom stereocenters. The van der Waals surface area contributed by atoms with Crippen molar-refractivity contribution in [2.75, 3.05) is 12.9 Å². The molecule has 0 heterocycles. The molecule has 2 aromatic rings. The molecule has 2 amide bonds. The third kappa shape index (κ3) is 8.13. The summed E-state index contributed by atoms with van der Waals surface area (Å²) in [6.45, 7) is 6.03. The van der Waals surface area contributed by atoms with Crippen LogP contribution in [-0.2, 0) is 21.9 Å². The molecule has 8 heteroatoms. The highest BCUT2D eigenvalue weighted by molar-refractivity contribution is 7.99. The van der Waals surface area contributed by atoms with Crippen LogP contribution in [0.15, 0.2) is 42.5 Å². The summed E-state index contributed by atoms with van der Waals surface area (Å²) in [5.74, 6) is 1.41. The van der Waals surface area contributed by atoms with Gasteiger partial charge in [-0.3, -0.25) is 9.59 Å². The number of carbonyl (C=O) groups excluding carboxylic acids is 2. The van der Waals surface area contributed by atoms with Gasteiger partial charge in [0.2, 0.25) is 11.8 Å². The standard InChI is InChI=1S/C25H32Cl2N2O3S/c1-5-17(3)28-25(31)23(6-2)29(14-20-21(26)8-7-9-22(20)27)24(30)16-33-15-18-10-12-19(32-4)13-11-18/h7-13,17,23H,5-6,14-16H2,1-4H3,(H,28,31)/t17-,23+/m1/s1. The molecule has 0 saturated carbocycles. The van der Waals surface area contributed by atoms with Crippen LogP contribution < -0.4 is 10.1 Å². The molecule has 2 rings (SSSR count). The van der Waals surface area contributed by atoms with Crippen LogP contribution in [0.5, 0.6) is 5.75 Å². The van der Waals surface area contributed by atoms with E-state index in [1.807, 2.05) is 45.0 Å². The molecule has 0 spiro atoms. The van der Waals surface area contributed by atoms with Crippen LogP contribution >= 0.6 is 35.0 Å². The number of amides is 2. The maximum absolute atomic E-state index is 13.3. The van der Waals surface area contributed by atoms with Gasteiger partial charge >= 0.3 is 0 Å². The number of hydrogen-bond donors (Lipinski definition) is 1. The van der Waals surface area contributed by atoms with Crippen LogP contribution in [0, 0.1) is 0 Å². The molecule has 0 aliphatic heterocycles. The van der Waals surface area contributed by atoms with E-state index >= 15 is 0 Å². The predicted octanol–water partition coefficient (Wildman–Crippen LogP) is 5.96. The van der Waals surface area contributed by atoms with E-state index in [9.17, 15) is 9.59 Å². The smallest absolute Gasteiger partial charge is 0.243 e. The molecule has 2 aromatic carbocycles. The summed E-state index contributed by atoms with van der Waals surface area (Å²) >= 11 is 14.3. The summed E-state index contributed by atoms with van der Waals surface area (Å²) in [5.41, 5.74) is 1.74. The Balaban J connectivity index is 2.18. The Labute approximate surface area is 211 Å². The van der Waals surface area contributed by atoms with Gasteiger partial charge in [0.15, 0.2) is 0 Å². The number of carbonyl (C=O) groups is 2. The molecule has 33 heavy (non-hydrogen) atoms. The lowest BCUT2D eigenvalue weighted by Crippen LogP contribution is -2.51. The number of benzene rings is 2. The summed E-state index contributed by atoms with van der Waals surface area (Å²) in [6, 6.07) is 12.4. The summed E-state index contributed by atoms with van der Waals surface area (Å²) in [4.78, 5) is 28.0. The highest BCUT2D eigenvalue weighted by Gasteiger charge is 2.30. The number of halogens is 2. The van der Waals surface area contributed by atoms with Crippen LogP contribution in [0.2, 0.25) is 10.0 Å². The predicted molar refractivity (Wildman–Crippen MR) is 138 cm³/mol. The molecule has 0 aliphatic carbocycles. The van der Waals surface area contributed by atoms with Gasteiger partial charge in [-0.25, -0.2) is 0 Å². The normalized spacial score (nSPS) is 12.7. The van der Waals surface area contributed by atoms with Crippen molar-refractivity contribution in [2.24, 2.45) is 0 Å². The van der Waals surface area contributed by atoms with Crippen LogP contribution in [0.3, 0.4) is 0 Å². The first-order valence-electron chi connectivity index (χ1n) is 11.0. The third-order valence-corrected chi connectivity index (χ3v) is 7.13. The van der Waals surface area contributed by atoms with Crippen molar-refractivity contribution in [1.29, 1.82) is 0 Å². The van der Waals surface area contributed by atoms with Gasteiger partial charge < -0.3 is 15.0 Å². The van der Waals surface area contributed by atoms with Gasteiger partial charge in [0.25, 0.3) is 0 Å². The topological polar surface area (TPSA) is 58.6 Å². The molecule has 0 aromatic heterocycles.